The Bertz CT molecular complexity index is 439. The van der Waals surface area contributed by atoms with Gasteiger partial charge in [-0.05, 0) is 18.9 Å². The Labute approximate surface area is 100 Å². The van der Waals surface area contributed by atoms with Crippen LogP contribution in [0.25, 0.3) is 0 Å². The molecule has 0 spiro atoms. The molecule has 3 rings (SSSR count). The standard InChI is InChI=1S/C13H17NO3/c14-7-13(5-1-2-6-13)9-3-4-10-12(11(9)15)17-8-16-10/h3-4,15H,1-2,5-8,14H2. The molecule has 0 radical (unpaired) electrons. The number of nitrogens with two attached hydrogens (primary N) is 1. The predicted molar refractivity (Wildman–Crippen MR) is 63.4 cm³/mol. The Morgan fingerprint density at radius 1 is 1.24 bits per heavy atom. The fraction of sp³-hybridized carbons (Fsp3) is 0.538. The molecule has 0 unspecified atom stereocenters. The van der Waals surface area contributed by atoms with Crippen molar-refractivity contribution in [3.8, 4) is 17.2 Å². The monoisotopic (exact) mass is 235 g/mol. The summed E-state index contributed by atoms with van der Waals surface area (Å²) in [6.07, 6.45) is 4.42. The third-order valence-corrected chi connectivity index (χ3v) is 4.04. The molecule has 0 bridgehead atoms. The first-order valence-corrected chi connectivity index (χ1v) is 6.09. The van der Waals surface area contributed by atoms with Crippen LogP contribution in [0, 0.1) is 0 Å². The van der Waals surface area contributed by atoms with E-state index in [1.54, 1.807) is 0 Å². The van der Waals surface area contributed by atoms with Gasteiger partial charge in [0.2, 0.25) is 12.5 Å². The van der Waals surface area contributed by atoms with Crippen LogP contribution in [-0.2, 0) is 5.41 Å². The Kier molecular flexibility index (Phi) is 2.40. The average molecular weight is 235 g/mol. The molecule has 1 aromatic carbocycles. The van der Waals surface area contributed by atoms with Crippen LogP contribution in [-0.4, -0.2) is 18.4 Å². The highest BCUT2D eigenvalue weighted by atomic mass is 16.7. The van der Waals surface area contributed by atoms with E-state index in [1.807, 2.05) is 12.1 Å². The van der Waals surface area contributed by atoms with E-state index in [2.05, 4.69) is 0 Å². The normalized spacial score (nSPS) is 20.8. The predicted octanol–water partition coefficient (Wildman–Crippen LogP) is 1.89. The number of fused-ring (bicyclic) bond motifs is 1. The van der Waals surface area contributed by atoms with Gasteiger partial charge >= 0.3 is 0 Å². The van der Waals surface area contributed by atoms with Crippen LogP contribution in [0.15, 0.2) is 12.1 Å². The summed E-state index contributed by atoms with van der Waals surface area (Å²) >= 11 is 0. The van der Waals surface area contributed by atoms with Crippen LogP contribution in [0.2, 0.25) is 0 Å². The molecular weight excluding hydrogens is 218 g/mol. The lowest BCUT2D eigenvalue weighted by atomic mass is 9.78. The van der Waals surface area contributed by atoms with Crippen LogP contribution in [0.4, 0.5) is 0 Å². The van der Waals surface area contributed by atoms with E-state index < -0.39 is 0 Å². The molecule has 1 aromatic rings. The maximum absolute atomic E-state index is 10.3. The second-order valence-corrected chi connectivity index (χ2v) is 4.89. The van der Waals surface area contributed by atoms with Gasteiger partial charge in [0.25, 0.3) is 0 Å². The summed E-state index contributed by atoms with van der Waals surface area (Å²) in [6, 6.07) is 3.80. The summed E-state index contributed by atoms with van der Waals surface area (Å²) in [6.45, 7) is 0.752. The van der Waals surface area contributed by atoms with Crippen molar-refractivity contribution in [1.29, 1.82) is 0 Å². The van der Waals surface area contributed by atoms with Crippen LogP contribution in [0.3, 0.4) is 0 Å². The number of ether oxygens (including phenoxy) is 2. The largest absolute Gasteiger partial charge is 0.504 e. The Morgan fingerprint density at radius 2 is 2.00 bits per heavy atom. The van der Waals surface area contributed by atoms with Gasteiger partial charge in [0.05, 0.1) is 0 Å². The van der Waals surface area contributed by atoms with E-state index in [-0.39, 0.29) is 18.0 Å². The molecule has 0 aromatic heterocycles. The highest BCUT2D eigenvalue weighted by Gasteiger charge is 2.38. The number of benzene rings is 1. The SMILES string of the molecule is NCC1(c2ccc3c(c2O)OCO3)CCCC1. The third kappa shape index (κ3) is 1.47. The quantitative estimate of drug-likeness (QED) is 0.821. The lowest BCUT2D eigenvalue weighted by Gasteiger charge is -2.28. The Balaban J connectivity index is 2.09. The Morgan fingerprint density at radius 3 is 2.71 bits per heavy atom. The average Bonchev–Trinajstić information content (AvgIpc) is 2.98. The first-order chi connectivity index (χ1) is 8.27. The zero-order valence-corrected chi connectivity index (χ0v) is 9.74. The van der Waals surface area contributed by atoms with Crippen molar-refractivity contribution in [2.24, 2.45) is 5.73 Å². The number of aromatic hydroxyl groups is 1. The molecule has 3 N–H and O–H groups in total. The molecule has 0 amide bonds. The van der Waals surface area contributed by atoms with Crippen LogP contribution >= 0.6 is 0 Å². The Hall–Kier alpha value is -1.42. The van der Waals surface area contributed by atoms with Crippen molar-refractivity contribution < 1.29 is 14.6 Å². The summed E-state index contributed by atoms with van der Waals surface area (Å²) < 4.78 is 10.6. The van der Waals surface area contributed by atoms with Gasteiger partial charge in [0, 0.05) is 17.5 Å². The molecule has 4 nitrogen and oxygen atoms in total. The summed E-state index contributed by atoms with van der Waals surface area (Å²) in [5, 5.41) is 10.3. The van der Waals surface area contributed by atoms with Gasteiger partial charge < -0.3 is 20.3 Å². The van der Waals surface area contributed by atoms with Crippen molar-refractivity contribution in [3.05, 3.63) is 17.7 Å². The molecule has 1 aliphatic carbocycles. The van der Waals surface area contributed by atoms with Crippen molar-refractivity contribution in [1.82, 2.24) is 0 Å². The van der Waals surface area contributed by atoms with Crippen molar-refractivity contribution in [2.75, 3.05) is 13.3 Å². The van der Waals surface area contributed by atoms with Gasteiger partial charge in [-0.2, -0.15) is 0 Å². The molecular formula is C13H17NO3. The molecule has 1 aliphatic heterocycles. The fourth-order valence-electron chi connectivity index (χ4n) is 3.02. The van der Waals surface area contributed by atoms with Gasteiger partial charge in [-0.1, -0.05) is 18.9 Å². The smallest absolute Gasteiger partial charge is 0.231 e. The first-order valence-electron chi connectivity index (χ1n) is 6.09. The maximum Gasteiger partial charge on any atom is 0.231 e. The van der Waals surface area contributed by atoms with Gasteiger partial charge in [0.1, 0.15) is 0 Å². The van der Waals surface area contributed by atoms with E-state index in [0.717, 1.165) is 18.4 Å². The first kappa shape index (κ1) is 10.7. The highest BCUT2D eigenvalue weighted by Crippen LogP contribution is 2.50. The van der Waals surface area contributed by atoms with Crippen molar-refractivity contribution in [2.45, 2.75) is 31.1 Å². The third-order valence-electron chi connectivity index (χ3n) is 4.04. The van der Waals surface area contributed by atoms with Gasteiger partial charge in [-0.15, -0.1) is 0 Å². The fourth-order valence-corrected chi connectivity index (χ4v) is 3.02. The number of rotatable bonds is 2. The van der Waals surface area contributed by atoms with Crippen LogP contribution in [0.5, 0.6) is 17.2 Å². The number of hydrogen-bond donors (Lipinski definition) is 2. The van der Waals surface area contributed by atoms with E-state index in [0.29, 0.717) is 18.0 Å². The molecule has 92 valence electrons. The van der Waals surface area contributed by atoms with Gasteiger partial charge in [-0.3, -0.25) is 0 Å². The van der Waals surface area contributed by atoms with Crippen LogP contribution in [0.1, 0.15) is 31.2 Å². The summed E-state index contributed by atoms with van der Waals surface area (Å²) in [4.78, 5) is 0. The number of hydrogen-bond acceptors (Lipinski definition) is 4. The summed E-state index contributed by atoms with van der Waals surface area (Å²) in [5.41, 5.74) is 6.77. The van der Waals surface area contributed by atoms with Crippen molar-refractivity contribution in [3.63, 3.8) is 0 Å². The van der Waals surface area contributed by atoms with E-state index in [1.165, 1.54) is 12.8 Å². The lowest BCUT2D eigenvalue weighted by Crippen LogP contribution is -2.32. The second kappa shape index (κ2) is 3.81. The molecule has 1 heterocycles. The zero-order valence-electron chi connectivity index (χ0n) is 9.74. The summed E-state index contributed by atoms with van der Waals surface area (Å²) in [5.74, 6) is 1.31. The van der Waals surface area contributed by atoms with Crippen molar-refractivity contribution >= 4 is 0 Å². The molecule has 0 saturated heterocycles. The molecule has 2 aliphatic rings. The minimum Gasteiger partial charge on any atom is -0.504 e. The summed E-state index contributed by atoms with van der Waals surface area (Å²) in [7, 11) is 0. The number of phenolic OH excluding ortho intramolecular Hbond substituents is 1. The minimum absolute atomic E-state index is 0.0783. The molecule has 17 heavy (non-hydrogen) atoms. The number of phenols is 1. The topological polar surface area (TPSA) is 64.7 Å². The van der Waals surface area contributed by atoms with E-state index in [9.17, 15) is 5.11 Å². The van der Waals surface area contributed by atoms with Gasteiger partial charge in [-0.25, -0.2) is 0 Å². The van der Waals surface area contributed by atoms with E-state index in [4.69, 9.17) is 15.2 Å². The highest BCUT2D eigenvalue weighted by molar-refractivity contribution is 5.58. The minimum atomic E-state index is -0.0783. The lowest BCUT2D eigenvalue weighted by molar-refractivity contribution is 0.171. The molecule has 1 fully saturated rings. The maximum atomic E-state index is 10.3. The van der Waals surface area contributed by atoms with E-state index >= 15 is 0 Å². The molecule has 1 saturated carbocycles. The second-order valence-electron chi connectivity index (χ2n) is 4.89. The van der Waals surface area contributed by atoms with Gasteiger partial charge in [0.15, 0.2) is 11.5 Å². The molecule has 4 heteroatoms. The van der Waals surface area contributed by atoms with Crippen LogP contribution < -0.4 is 15.2 Å². The zero-order chi connectivity index (χ0) is 11.9. The molecule has 0 atom stereocenters.